The third kappa shape index (κ3) is 3.10. The number of aromatic nitrogens is 1. The van der Waals surface area contributed by atoms with Gasteiger partial charge in [-0.1, -0.05) is 18.2 Å². The normalized spacial score (nSPS) is 20.0. The lowest BCUT2D eigenvalue weighted by molar-refractivity contribution is -0.117. The largest absolute Gasteiger partial charge is 0.493 e. The lowest BCUT2D eigenvalue weighted by Gasteiger charge is -2.03. The number of halogens is 1. The number of nitrogens with zero attached hydrogens (tertiary/aromatic N) is 1. The fourth-order valence-electron chi connectivity index (χ4n) is 3.61. The lowest BCUT2D eigenvalue weighted by Crippen LogP contribution is -2.14. The average Bonchev–Trinajstić information content (AvgIpc) is 3.10. The highest BCUT2D eigenvalue weighted by molar-refractivity contribution is 7.14. The second-order valence-corrected chi connectivity index (χ2v) is 7.78. The summed E-state index contributed by atoms with van der Waals surface area (Å²) in [6.45, 7) is 0.724. The number of rotatable bonds is 4. The van der Waals surface area contributed by atoms with Crippen LogP contribution in [0.4, 0.5) is 9.52 Å². The molecule has 1 aliphatic heterocycles. The summed E-state index contributed by atoms with van der Waals surface area (Å²) in [6, 6.07) is 12.7. The van der Waals surface area contributed by atoms with Crippen molar-refractivity contribution in [3.63, 3.8) is 0 Å². The van der Waals surface area contributed by atoms with E-state index in [1.807, 2.05) is 17.5 Å². The number of thiazole rings is 1. The van der Waals surface area contributed by atoms with E-state index in [4.69, 9.17) is 4.74 Å². The van der Waals surface area contributed by atoms with Crippen LogP contribution in [-0.2, 0) is 11.2 Å². The predicted molar refractivity (Wildman–Crippen MR) is 103 cm³/mol. The molecule has 0 spiro atoms. The van der Waals surface area contributed by atoms with Crippen molar-refractivity contribution in [2.45, 2.75) is 18.8 Å². The summed E-state index contributed by atoms with van der Waals surface area (Å²) in [6.07, 6.45) is 1.59. The van der Waals surface area contributed by atoms with Crippen molar-refractivity contribution in [2.24, 2.45) is 5.92 Å². The van der Waals surface area contributed by atoms with Gasteiger partial charge in [0.15, 0.2) is 5.13 Å². The van der Waals surface area contributed by atoms with Gasteiger partial charge in [0.1, 0.15) is 11.6 Å². The molecule has 1 N–H and O–H groups in total. The summed E-state index contributed by atoms with van der Waals surface area (Å²) in [5.41, 5.74) is 3.67. The van der Waals surface area contributed by atoms with Gasteiger partial charge in [-0.3, -0.25) is 4.79 Å². The van der Waals surface area contributed by atoms with Crippen molar-refractivity contribution < 1.29 is 13.9 Å². The number of anilines is 1. The van der Waals surface area contributed by atoms with Crippen molar-refractivity contribution >= 4 is 22.4 Å². The van der Waals surface area contributed by atoms with E-state index in [0.29, 0.717) is 17.1 Å². The number of nitrogens with one attached hydrogen (secondary N) is 1. The number of hydrogen-bond donors (Lipinski definition) is 1. The van der Waals surface area contributed by atoms with Crippen molar-refractivity contribution in [2.75, 3.05) is 11.9 Å². The summed E-state index contributed by atoms with van der Waals surface area (Å²) in [7, 11) is 0. The molecule has 6 heteroatoms. The molecular formula is C21H17FN2O2S. The van der Waals surface area contributed by atoms with Crippen LogP contribution in [-0.4, -0.2) is 17.5 Å². The number of fused-ring (bicyclic) bond motifs is 1. The highest BCUT2D eigenvalue weighted by atomic mass is 32.1. The molecule has 0 radical (unpaired) electrons. The van der Waals surface area contributed by atoms with Crippen molar-refractivity contribution in [1.82, 2.24) is 4.98 Å². The van der Waals surface area contributed by atoms with E-state index >= 15 is 0 Å². The molecule has 1 fully saturated rings. The maximum absolute atomic E-state index is 13.9. The summed E-state index contributed by atoms with van der Waals surface area (Å²) < 4.78 is 19.4. The zero-order chi connectivity index (χ0) is 18.4. The molecule has 3 aromatic rings. The van der Waals surface area contributed by atoms with E-state index in [2.05, 4.69) is 16.4 Å². The quantitative estimate of drug-likeness (QED) is 0.718. The van der Waals surface area contributed by atoms with Gasteiger partial charge in [0.25, 0.3) is 0 Å². The maximum atomic E-state index is 13.9. The lowest BCUT2D eigenvalue weighted by atomic mass is 10.1. The SMILES string of the molecule is O=C(Nc1nc(-c2ccc3c(c2)CCO3)cs1)C1CC1c1ccccc1F. The third-order valence-electron chi connectivity index (χ3n) is 5.15. The van der Waals surface area contributed by atoms with Gasteiger partial charge in [-0.15, -0.1) is 11.3 Å². The van der Waals surface area contributed by atoms with E-state index in [-0.39, 0.29) is 23.6 Å². The second-order valence-electron chi connectivity index (χ2n) is 6.92. The van der Waals surface area contributed by atoms with Gasteiger partial charge in [0, 0.05) is 23.3 Å². The molecule has 0 bridgehead atoms. The first kappa shape index (κ1) is 16.4. The maximum Gasteiger partial charge on any atom is 0.229 e. The number of amides is 1. The molecule has 2 unspecified atom stereocenters. The van der Waals surface area contributed by atoms with Crippen LogP contribution in [0.15, 0.2) is 47.8 Å². The third-order valence-corrected chi connectivity index (χ3v) is 5.91. The molecule has 136 valence electrons. The molecular weight excluding hydrogens is 363 g/mol. The summed E-state index contributed by atoms with van der Waals surface area (Å²) in [5, 5.41) is 5.40. The summed E-state index contributed by atoms with van der Waals surface area (Å²) in [4.78, 5) is 17.0. The topological polar surface area (TPSA) is 51.2 Å². The molecule has 2 heterocycles. The van der Waals surface area contributed by atoms with Crippen LogP contribution in [0.25, 0.3) is 11.3 Å². The van der Waals surface area contributed by atoms with Crippen LogP contribution in [0.3, 0.4) is 0 Å². The molecule has 1 amide bonds. The Labute approximate surface area is 160 Å². The average molecular weight is 380 g/mol. The van der Waals surface area contributed by atoms with Crippen molar-refractivity contribution in [3.8, 4) is 17.0 Å². The highest BCUT2D eigenvalue weighted by Gasteiger charge is 2.45. The monoisotopic (exact) mass is 380 g/mol. The number of hydrogen-bond acceptors (Lipinski definition) is 4. The van der Waals surface area contributed by atoms with E-state index < -0.39 is 0 Å². The van der Waals surface area contributed by atoms with E-state index in [1.54, 1.807) is 18.2 Å². The minimum absolute atomic E-state index is 0.0395. The van der Waals surface area contributed by atoms with Crippen molar-refractivity contribution in [3.05, 3.63) is 64.8 Å². The minimum atomic E-state index is -0.241. The Balaban J connectivity index is 1.27. The zero-order valence-corrected chi connectivity index (χ0v) is 15.3. The molecule has 27 heavy (non-hydrogen) atoms. The number of carbonyl (C=O) groups is 1. The second kappa shape index (κ2) is 6.46. The molecule has 1 aromatic heterocycles. The van der Waals surface area contributed by atoms with Crippen LogP contribution >= 0.6 is 11.3 Å². The van der Waals surface area contributed by atoms with Gasteiger partial charge in [-0.05, 0) is 47.7 Å². The van der Waals surface area contributed by atoms with Gasteiger partial charge >= 0.3 is 0 Å². The Hall–Kier alpha value is -2.73. The standard InChI is InChI=1S/C21H17FN2O2S/c22-17-4-2-1-3-14(17)15-10-16(15)20(25)24-21-23-18(11-27-21)12-5-6-19-13(9-12)7-8-26-19/h1-6,9,11,15-16H,7-8,10H2,(H,23,24,25). The van der Waals surface area contributed by atoms with Crippen molar-refractivity contribution in [1.29, 1.82) is 0 Å². The number of carbonyl (C=O) groups excluding carboxylic acids is 1. The van der Waals surface area contributed by atoms with E-state index in [0.717, 1.165) is 30.0 Å². The first-order valence-corrected chi connectivity index (χ1v) is 9.84. The number of benzene rings is 2. The Morgan fingerprint density at radius 2 is 2.15 bits per heavy atom. The van der Waals surface area contributed by atoms with Crippen LogP contribution in [0.5, 0.6) is 5.75 Å². The predicted octanol–water partition coefficient (Wildman–Crippen LogP) is 4.63. The van der Waals surface area contributed by atoms with Gasteiger partial charge < -0.3 is 10.1 Å². The van der Waals surface area contributed by atoms with E-state index in [9.17, 15) is 9.18 Å². The molecule has 2 aliphatic rings. The van der Waals surface area contributed by atoms with Crippen LogP contribution in [0, 0.1) is 11.7 Å². The fourth-order valence-corrected chi connectivity index (χ4v) is 4.33. The van der Waals surface area contributed by atoms with Crippen LogP contribution in [0.1, 0.15) is 23.5 Å². The Morgan fingerprint density at radius 1 is 1.26 bits per heavy atom. The first-order valence-electron chi connectivity index (χ1n) is 8.96. The molecule has 1 aliphatic carbocycles. The Morgan fingerprint density at radius 3 is 3.04 bits per heavy atom. The van der Waals surface area contributed by atoms with Gasteiger partial charge in [0.2, 0.25) is 5.91 Å². The summed E-state index contributed by atoms with van der Waals surface area (Å²) >= 11 is 1.40. The van der Waals surface area contributed by atoms with E-state index in [1.165, 1.54) is 23.0 Å². The molecule has 0 saturated heterocycles. The Kier molecular flexibility index (Phi) is 3.93. The first-order chi connectivity index (χ1) is 13.2. The molecule has 2 atom stereocenters. The molecule has 1 saturated carbocycles. The zero-order valence-electron chi connectivity index (χ0n) is 14.4. The van der Waals surface area contributed by atoms with Crippen LogP contribution < -0.4 is 10.1 Å². The van der Waals surface area contributed by atoms with Crippen LogP contribution in [0.2, 0.25) is 0 Å². The highest BCUT2D eigenvalue weighted by Crippen LogP contribution is 2.48. The minimum Gasteiger partial charge on any atom is -0.493 e. The van der Waals surface area contributed by atoms with Gasteiger partial charge in [-0.25, -0.2) is 9.37 Å². The van der Waals surface area contributed by atoms with Gasteiger partial charge in [-0.2, -0.15) is 0 Å². The summed E-state index contributed by atoms with van der Waals surface area (Å²) in [5.74, 6) is 0.380. The smallest absolute Gasteiger partial charge is 0.229 e. The van der Waals surface area contributed by atoms with Gasteiger partial charge in [0.05, 0.1) is 12.3 Å². The Bertz CT molecular complexity index is 1030. The molecule has 4 nitrogen and oxygen atoms in total. The number of ether oxygens (including phenoxy) is 1. The fraction of sp³-hybridized carbons (Fsp3) is 0.238. The molecule has 5 rings (SSSR count). The molecule has 2 aromatic carbocycles.